The maximum atomic E-state index is 11.7. The molecule has 1 atom stereocenters. The maximum absolute atomic E-state index is 11.7. The molecule has 0 bridgehead atoms. The van der Waals surface area contributed by atoms with Crippen molar-refractivity contribution in [3.8, 4) is 17.0 Å². The van der Waals surface area contributed by atoms with Gasteiger partial charge in [0.15, 0.2) is 0 Å². The highest BCUT2D eigenvalue weighted by Crippen LogP contribution is 2.28. The summed E-state index contributed by atoms with van der Waals surface area (Å²) in [6, 6.07) is 9.53. The summed E-state index contributed by atoms with van der Waals surface area (Å²) in [4.78, 5) is 22.6. The van der Waals surface area contributed by atoms with Gasteiger partial charge in [0.1, 0.15) is 5.75 Å². The van der Waals surface area contributed by atoms with Gasteiger partial charge in [0.2, 0.25) is 11.9 Å². The molecule has 1 amide bonds. The molecule has 1 aromatic carbocycles. The molecule has 26 heavy (non-hydrogen) atoms. The van der Waals surface area contributed by atoms with Gasteiger partial charge in [0.05, 0.1) is 31.4 Å². The monoisotopic (exact) mass is 356 g/mol. The number of methoxy groups -OCH3 is 1. The number of ether oxygens (including phenoxy) is 1. The van der Waals surface area contributed by atoms with Crippen molar-refractivity contribution in [3.05, 3.63) is 36.5 Å². The van der Waals surface area contributed by atoms with E-state index in [2.05, 4.69) is 15.3 Å². The number of nitrogens with zero attached hydrogens (tertiary/aromatic N) is 3. The van der Waals surface area contributed by atoms with Gasteiger partial charge in [-0.1, -0.05) is 0 Å². The number of amides is 1. The van der Waals surface area contributed by atoms with Gasteiger partial charge in [-0.05, 0) is 43.2 Å². The van der Waals surface area contributed by atoms with Crippen molar-refractivity contribution in [2.75, 3.05) is 32.1 Å². The number of aliphatic hydroxyl groups is 1. The summed E-state index contributed by atoms with van der Waals surface area (Å²) in [5.41, 5.74) is 0.711. The van der Waals surface area contributed by atoms with Crippen LogP contribution in [0.3, 0.4) is 0 Å². The number of anilines is 1. The highest BCUT2D eigenvalue weighted by molar-refractivity contribution is 5.76. The number of benzene rings is 1. The number of piperidine rings is 1. The number of nitrogens with one attached hydrogen (secondary N) is 1. The molecule has 0 saturated carbocycles. The molecule has 138 valence electrons. The van der Waals surface area contributed by atoms with Crippen LogP contribution in [0.1, 0.15) is 19.3 Å². The van der Waals surface area contributed by atoms with Crippen LogP contribution in [-0.4, -0.2) is 53.8 Å². The Morgan fingerprint density at radius 2 is 2.12 bits per heavy atom. The summed E-state index contributed by atoms with van der Waals surface area (Å²) in [7, 11) is 3.21. The fourth-order valence-corrected chi connectivity index (χ4v) is 3.24. The van der Waals surface area contributed by atoms with Gasteiger partial charge in [-0.15, -0.1) is 0 Å². The second kappa shape index (κ2) is 7.70. The fourth-order valence-electron chi connectivity index (χ4n) is 3.24. The predicted molar refractivity (Wildman–Crippen MR) is 99.1 cm³/mol. The quantitative estimate of drug-likeness (QED) is 0.846. The van der Waals surface area contributed by atoms with E-state index in [1.807, 2.05) is 35.2 Å². The normalized spacial score (nSPS) is 19.9. The molecule has 1 saturated heterocycles. The summed E-state index contributed by atoms with van der Waals surface area (Å²) in [6.45, 7) is 1.09. The van der Waals surface area contributed by atoms with Crippen molar-refractivity contribution >= 4 is 11.9 Å². The molecule has 2 heterocycles. The van der Waals surface area contributed by atoms with E-state index >= 15 is 0 Å². The molecule has 2 N–H and O–H groups in total. The van der Waals surface area contributed by atoms with E-state index in [1.165, 1.54) is 0 Å². The minimum absolute atomic E-state index is 0.0815. The number of rotatable bonds is 5. The number of hydrogen-bond donors (Lipinski definition) is 2. The lowest BCUT2D eigenvalue weighted by Gasteiger charge is -2.38. The van der Waals surface area contributed by atoms with E-state index in [4.69, 9.17) is 4.74 Å². The first-order chi connectivity index (χ1) is 12.5. The highest BCUT2D eigenvalue weighted by Gasteiger charge is 2.36. The molecule has 7 heteroatoms. The van der Waals surface area contributed by atoms with Crippen molar-refractivity contribution in [3.63, 3.8) is 0 Å². The molecular weight excluding hydrogens is 332 g/mol. The van der Waals surface area contributed by atoms with E-state index < -0.39 is 5.60 Å². The predicted octanol–water partition coefficient (Wildman–Crippen LogP) is 1.62. The maximum Gasteiger partial charge on any atom is 0.225 e. The Hall–Kier alpha value is -2.67. The van der Waals surface area contributed by atoms with Gasteiger partial charge in [0, 0.05) is 25.4 Å². The van der Waals surface area contributed by atoms with Crippen molar-refractivity contribution in [2.45, 2.75) is 24.9 Å². The number of carbonyl (C=O) groups excluding carboxylic acids is 1. The molecule has 1 fully saturated rings. The van der Waals surface area contributed by atoms with E-state index in [0.29, 0.717) is 18.9 Å². The number of hydrogen-bond acceptors (Lipinski definition) is 6. The molecule has 0 spiro atoms. The Morgan fingerprint density at radius 3 is 2.81 bits per heavy atom. The zero-order valence-electron chi connectivity index (χ0n) is 15.1. The van der Waals surface area contributed by atoms with Crippen LogP contribution in [0, 0.1) is 0 Å². The van der Waals surface area contributed by atoms with Crippen molar-refractivity contribution < 1.29 is 14.6 Å². The molecule has 3 rings (SSSR count). The highest BCUT2D eigenvalue weighted by atomic mass is 16.5. The summed E-state index contributed by atoms with van der Waals surface area (Å²) in [5, 5.41) is 13.3. The van der Waals surface area contributed by atoms with E-state index in [1.54, 1.807) is 20.4 Å². The summed E-state index contributed by atoms with van der Waals surface area (Å²) in [5.74, 6) is 1.19. The first kappa shape index (κ1) is 18.1. The molecule has 7 nitrogen and oxygen atoms in total. The van der Waals surface area contributed by atoms with E-state index in [-0.39, 0.29) is 12.3 Å². The van der Waals surface area contributed by atoms with Crippen molar-refractivity contribution in [2.24, 2.45) is 0 Å². The summed E-state index contributed by atoms with van der Waals surface area (Å²) < 4.78 is 5.19. The molecule has 0 radical (unpaired) electrons. The smallest absolute Gasteiger partial charge is 0.225 e. The zero-order chi connectivity index (χ0) is 18.6. The van der Waals surface area contributed by atoms with E-state index in [0.717, 1.165) is 30.0 Å². The standard InChI is InChI=1S/C19H24N4O3/c1-20-17(24)12-19(25)9-3-11-23(13-19)18-21-10-8-16(22-18)14-4-6-15(26-2)7-5-14/h4-8,10,25H,3,9,11-13H2,1-2H3,(H,20,24). The van der Waals surface area contributed by atoms with Gasteiger partial charge in [-0.25, -0.2) is 9.97 Å². The van der Waals surface area contributed by atoms with Crippen LogP contribution >= 0.6 is 0 Å². The second-order valence-electron chi connectivity index (χ2n) is 6.57. The Balaban J connectivity index is 1.79. The summed E-state index contributed by atoms with van der Waals surface area (Å²) in [6.07, 6.45) is 3.17. The van der Waals surface area contributed by atoms with Crippen LogP contribution in [0.15, 0.2) is 36.5 Å². The van der Waals surface area contributed by atoms with Crippen LogP contribution in [0.2, 0.25) is 0 Å². The largest absolute Gasteiger partial charge is 0.497 e. The van der Waals surface area contributed by atoms with Crippen LogP contribution in [0.25, 0.3) is 11.3 Å². The third-order valence-corrected chi connectivity index (χ3v) is 4.64. The molecular formula is C19H24N4O3. The topological polar surface area (TPSA) is 87.6 Å². The van der Waals surface area contributed by atoms with Crippen LogP contribution in [0.5, 0.6) is 5.75 Å². The molecule has 1 aliphatic heterocycles. The van der Waals surface area contributed by atoms with Gasteiger partial charge in [-0.3, -0.25) is 4.79 Å². The van der Waals surface area contributed by atoms with Crippen molar-refractivity contribution in [1.82, 2.24) is 15.3 Å². The minimum Gasteiger partial charge on any atom is -0.497 e. The minimum atomic E-state index is -1.06. The van der Waals surface area contributed by atoms with E-state index in [9.17, 15) is 9.90 Å². The number of carbonyl (C=O) groups is 1. The Morgan fingerprint density at radius 1 is 1.35 bits per heavy atom. The van der Waals surface area contributed by atoms with Crippen LogP contribution in [-0.2, 0) is 4.79 Å². The van der Waals surface area contributed by atoms with Gasteiger partial charge < -0.3 is 20.1 Å². The molecule has 0 aliphatic carbocycles. The number of aromatic nitrogens is 2. The lowest BCUT2D eigenvalue weighted by atomic mass is 9.89. The average Bonchev–Trinajstić information content (AvgIpc) is 2.67. The van der Waals surface area contributed by atoms with Gasteiger partial charge >= 0.3 is 0 Å². The lowest BCUT2D eigenvalue weighted by Crippen LogP contribution is -2.50. The molecule has 1 unspecified atom stereocenters. The third kappa shape index (κ3) is 4.11. The van der Waals surface area contributed by atoms with Crippen LogP contribution < -0.4 is 15.0 Å². The first-order valence-corrected chi connectivity index (χ1v) is 8.68. The third-order valence-electron chi connectivity index (χ3n) is 4.64. The Labute approximate surface area is 153 Å². The lowest BCUT2D eigenvalue weighted by molar-refractivity contribution is -0.125. The second-order valence-corrected chi connectivity index (χ2v) is 6.57. The Kier molecular flexibility index (Phi) is 5.37. The SMILES string of the molecule is CNC(=O)CC1(O)CCCN(c2nccc(-c3ccc(OC)cc3)n2)C1. The molecule has 1 aromatic heterocycles. The van der Waals surface area contributed by atoms with Gasteiger partial charge in [0.25, 0.3) is 0 Å². The average molecular weight is 356 g/mol. The Bertz CT molecular complexity index is 766. The van der Waals surface area contributed by atoms with Crippen molar-refractivity contribution in [1.29, 1.82) is 0 Å². The first-order valence-electron chi connectivity index (χ1n) is 8.68. The molecule has 1 aliphatic rings. The zero-order valence-corrected chi connectivity index (χ0v) is 15.1. The van der Waals surface area contributed by atoms with Gasteiger partial charge in [-0.2, -0.15) is 0 Å². The fraction of sp³-hybridized carbons (Fsp3) is 0.421. The molecule has 2 aromatic rings. The van der Waals surface area contributed by atoms with Crippen LogP contribution in [0.4, 0.5) is 5.95 Å². The summed E-state index contributed by atoms with van der Waals surface area (Å²) >= 11 is 0. The number of β-amino-alcohol motifs (C(OH)–C–C–N with tert-alkyl or cyclic N) is 1.